The minimum Gasteiger partial charge on any atom is -0.463 e. The first kappa shape index (κ1) is 16.0. The summed E-state index contributed by atoms with van der Waals surface area (Å²) in [6, 6.07) is 0. The zero-order valence-electron chi connectivity index (χ0n) is 11.0. The fourth-order valence-electron chi connectivity index (χ4n) is 1.15. The van der Waals surface area contributed by atoms with Crippen LogP contribution in [0.2, 0.25) is 0 Å². The number of esters is 1. The van der Waals surface area contributed by atoms with E-state index in [0.29, 0.717) is 12.8 Å². The molecule has 0 unspecified atom stereocenters. The van der Waals surface area contributed by atoms with Crippen LogP contribution in [0.1, 0.15) is 33.6 Å². The third-order valence-electron chi connectivity index (χ3n) is 2.23. The van der Waals surface area contributed by atoms with Crippen molar-refractivity contribution in [2.24, 2.45) is 5.41 Å². The van der Waals surface area contributed by atoms with E-state index in [1.807, 2.05) is 0 Å². The summed E-state index contributed by atoms with van der Waals surface area (Å²) < 4.78 is 10.1. The minimum atomic E-state index is -0.750. The van der Waals surface area contributed by atoms with Crippen molar-refractivity contribution in [3.8, 4) is 12.3 Å². The molecule has 0 aromatic heterocycles. The van der Waals surface area contributed by atoms with Gasteiger partial charge >= 0.3 is 5.97 Å². The number of hydrogen-bond acceptors (Lipinski definition) is 4. The van der Waals surface area contributed by atoms with Gasteiger partial charge in [-0.3, -0.25) is 4.79 Å². The fourth-order valence-corrected chi connectivity index (χ4v) is 1.15. The van der Waals surface area contributed by atoms with Crippen molar-refractivity contribution in [2.45, 2.75) is 45.8 Å². The van der Waals surface area contributed by atoms with Crippen molar-refractivity contribution in [2.75, 3.05) is 13.7 Å². The monoisotopic (exact) mass is 242 g/mol. The summed E-state index contributed by atoms with van der Waals surface area (Å²) in [6.45, 7) is 5.26. The average Bonchev–Trinajstić information content (AvgIpc) is 2.23. The second-order valence-corrected chi connectivity index (χ2v) is 5.00. The Kier molecular flexibility index (Phi) is 6.86. The Morgan fingerprint density at radius 1 is 1.47 bits per heavy atom. The lowest BCUT2D eigenvalue weighted by Crippen LogP contribution is -2.29. The Morgan fingerprint density at radius 2 is 2.06 bits per heavy atom. The number of carbonyl (C=O) groups excluding carboxylic acids is 1. The predicted molar refractivity (Wildman–Crippen MR) is 65.3 cm³/mol. The molecule has 0 aromatic rings. The first-order valence-electron chi connectivity index (χ1n) is 5.62. The molecule has 0 rings (SSSR count). The van der Waals surface area contributed by atoms with E-state index in [4.69, 9.17) is 15.9 Å². The molecule has 17 heavy (non-hydrogen) atoms. The van der Waals surface area contributed by atoms with Crippen molar-refractivity contribution in [3.05, 3.63) is 0 Å². The van der Waals surface area contributed by atoms with Gasteiger partial charge in [-0.1, -0.05) is 0 Å². The molecule has 0 fully saturated rings. The second-order valence-electron chi connectivity index (χ2n) is 5.00. The number of terminal acetylenes is 1. The maximum absolute atomic E-state index is 11.5. The molecule has 0 amide bonds. The smallest absolute Gasteiger partial charge is 0.311 e. The number of methoxy groups -OCH3 is 1. The molecule has 4 nitrogen and oxygen atoms in total. The van der Waals surface area contributed by atoms with E-state index >= 15 is 0 Å². The van der Waals surface area contributed by atoms with Crippen LogP contribution in [0.3, 0.4) is 0 Å². The van der Waals surface area contributed by atoms with Crippen molar-refractivity contribution in [3.63, 3.8) is 0 Å². The highest BCUT2D eigenvalue weighted by molar-refractivity contribution is 5.75. The van der Waals surface area contributed by atoms with Crippen LogP contribution in [0.25, 0.3) is 0 Å². The maximum atomic E-state index is 11.5. The molecule has 0 aliphatic rings. The molecule has 0 aromatic carbocycles. The standard InChI is InChI=1S/C13H22O4/c1-6-7-11(16-5)8-10(14)9-17-12(15)13(2,3)4/h1,10-11,14H,7-9H2,2-5H3/t10-,11+/m0/s1. The van der Waals surface area contributed by atoms with E-state index in [1.54, 1.807) is 20.8 Å². The molecule has 1 N–H and O–H groups in total. The third kappa shape index (κ3) is 6.98. The summed E-state index contributed by atoms with van der Waals surface area (Å²) in [6.07, 6.45) is 5.00. The molecular weight excluding hydrogens is 220 g/mol. The van der Waals surface area contributed by atoms with Crippen LogP contribution in [-0.4, -0.2) is 37.0 Å². The van der Waals surface area contributed by atoms with E-state index in [1.165, 1.54) is 7.11 Å². The number of rotatable bonds is 6. The maximum Gasteiger partial charge on any atom is 0.311 e. The number of aliphatic hydroxyl groups is 1. The summed E-state index contributed by atoms with van der Waals surface area (Å²) in [5, 5.41) is 9.67. The number of ether oxygens (including phenoxy) is 2. The molecular formula is C13H22O4. The predicted octanol–water partition coefficient (Wildman–Crippen LogP) is 1.36. The first-order chi connectivity index (χ1) is 7.81. The highest BCUT2D eigenvalue weighted by atomic mass is 16.5. The lowest BCUT2D eigenvalue weighted by molar-refractivity contribution is -0.156. The molecule has 0 aliphatic heterocycles. The topological polar surface area (TPSA) is 55.8 Å². The van der Waals surface area contributed by atoms with Crippen LogP contribution in [0.5, 0.6) is 0 Å². The van der Waals surface area contributed by atoms with Gasteiger partial charge in [-0.15, -0.1) is 12.3 Å². The van der Waals surface area contributed by atoms with Gasteiger partial charge in [0.05, 0.1) is 17.6 Å². The van der Waals surface area contributed by atoms with Crippen molar-refractivity contribution >= 4 is 5.97 Å². The quantitative estimate of drug-likeness (QED) is 0.564. The second kappa shape index (κ2) is 7.31. The highest BCUT2D eigenvalue weighted by Gasteiger charge is 2.24. The van der Waals surface area contributed by atoms with Gasteiger partial charge < -0.3 is 14.6 Å². The van der Waals surface area contributed by atoms with E-state index in [0.717, 1.165) is 0 Å². The van der Waals surface area contributed by atoms with Gasteiger partial charge in [0, 0.05) is 20.0 Å². The van der Waals surface area contributed by atoms with E-state index in [2.05, 4.69) is 5.92 Å². The van der Waals surface area contributed by atoms with Crippen molar-refractivity contribution in [1.82, 2.24) is 0 Å². The molecule has 98 valence electrons. The molecule has 0 saturated carbocycles. The van der Waals surface area contributed by atoms with Crippen LogP contribution in [0.15, 0.2) is 0 Å². The lowest BCUT2D eigenvalue weighted by Gasteiger charge is -2.20. The molecule has 0 spiro atoms. The minimum absolute atomic E-state index is 0.0272. The van der Waals surface area contributed by atoms with Crippen molar-refractivity contribution < 1.29 is 19.4 Å². The molecule has 0 saturated heterocycles. The molecule has 0 heterocycles. The summed E-state index contributed by atoms with van der Waals surface area (Å²) in [5.74, 6) is 2.14. The Bertz CT molecular complexity index is 272. The Hall–Kier alpha value is -1.05. The Morgan fingerprint density at radius 3 is 2.47 bits per heavy atom. The van der Waals surface area contributed by atoms with Gasteiger partial charge in [0.2, 0.25) is 0 Å². The summed E-state index contributed by atoms with van der Waals surface area (Å²) in [5.41, 5.74) is -0.556. The summed E-state index contributed by atoms with van der Waals surface area (Å²) >= 11 is 0. The van der Waals surface area contributed by atoms with E-state index < -0.39 is 11.5 Å². The van der Waals surface area contributed by atoms with Crippen molar-refractivity contribution in [1.29, 1.82) is 0 Å². The molecule has 0 aliphatic carbocycles. The van der Waals surface area contributed by atoms with Crippen LogP contribution in [-0.2, 0) is 14.3 Å². The average molecular weight is 242 g/mol. The molecule has 0 radical (unpaired) electrons. The van der Waals surface area contributed by atoms with Gasteiger partial charge in [0.15, 0.2) is 0 Å². The summed E-state index contributed by atoms with van der Waals surface area (Å²) in [7, 11) is 1.54. The summed E-state index contributed by atoms with van der Waals surface area (Å²) in [4.78, 5) is 11.5. The van der Waals surface area contributed by atoms with Gasteiger partial charge in [-0.25, -0.2) is 0 Å². The van der Waals surface area contributed by atoms with E-state index in [-0.39, 0.29) is 18.7 Å². The number of carbonyl (C=O) groups is 1. The molecule has 2 atom stereocenters. The number of hydrogen-bond donors (Lipinski definition) is 1. The van der Waals surface area contributed by atoms with Crippen LogP contribution in [0, 0.1) is 17.8 Å². The van der Waals surface area contributed by atoms with E-state index in [9.17, 15) is 9.90 Å². The Labute approximate surface area is 103 Å². The highest BCUT2D eigenvalue weighted by Crippen LogP contribution is 2.15. The zero-order valence-corrected chi connectivity index (χ0v) is 11.0. The zero-order chi connectivity index (χ0) is 13.5. The largest absolute Gasteiger partial charge is 0.463 e. The van der Waals surface area contributed by atoms with Gasteiger partial charge in [-0.2, -0.15) is 0 Å². The van der Waals surface area contributed by atoms with Gasteiger partial charge in [0.1, 0.15) is 6.61 Å². The molecule has 0 bridgehead atoms. The first-order valence-corrected chi connectivity index (χ1v) is 5.62. The van der Waals surface area contributed by atoms with Gasteiger partial charge in [0.25, 0.3) is 0 Å². The SMILES string of the molecule is C#CC[C@H](C[C@H](O)COC(=O)C(C)(C)C)OC. The Balaban J connectivity index is 3.99. The van der Waals surface area contributed by atoms with Crippen LogP contribution >= 0.6 is 0 Å². The lowest BCUT2D eigenvalue weighted by atomic mass is 9.97. The fraction of sp³-hybridized carbons (Fsp3) is 0.769. The molecule has 4 heteroatoms. The third-order valence-corrected chi connectivity index (χ3v) is 2.23. The van der Waals surface area contributed by atoms with Crippen LogP contribution < -0.4 is 0 Å². The van der Waals surface area contributed by atoms with Gasteiger partial charge in [-0.05, 0) is 20.8 Å². The normalized spacial score (nSPS) is 14.8. The van der Waals surface area contributed by atoms with Crippen LogP contribution in [0.4, 0.5) is 0 Å². The number of aliphatic hydroxyl groups excluding tert-OH is 1.